The summed E-state index contributed by atoms with van der Waals surface area (Å²) in [5.41, 5.74) is 0. The molecule has 0 aromatic heterocycles. The molecule has 2 amide bonds. The van der Waals surface area contributed by atoms with Crippen LogP contribution in [0.4, 0.5) is 0 Å². The van der Waals surface area contributed by atoms with Crippen LogP contribution in [0, 0.1) is 0 Å². The highest BCUT2D eigenvalue weighted by Crippen LogP contribution is 2.23. The van der Waals surface area contributed by atoms with E-state index in [0.717, 1.165) is 12.5 Å². The normalized spacial score (nSPS) is 24.7. The van der Waals surface area contributed by atoms with Crippen LogP contribution in [-0.2, 0) is 19.1 Å². The third kappa shape index (κ3) is 6.28. The van der Waals surface area contributed by atoms with Gasteiger partial charge in [0.2, 0.25) is 17.6 Å². The summed E-state index contributed by atoms with van der Waals surface area (Å²) in [5, 5.41) is 44.4. The van der Waals surface area contributed by atoms with Crippen LogP contribution in [0.3, 0.4) is 0 Å². The van der Waals surface area contributed by atoms with Crippen molar-refractivity contribution < 1.29 is 39.5 Å². The fourth-order valence-corrected chi connectivity index (χ4v) is 2.47. The van der Waals surface area contributed by atoms with E-state index in [-0.39, 0.29) is 13.0 Å². The van der Waals surface area contributed by atoms with Crippen molar-refractivity contribution in [3.63, 3.8) is 0 Å². The molecule has 0 aromatic rings. The number of ether oxygens (including phenoxy) is 1. The first-order valence-electron chi connectivity index (χ1n) is 8.37. The first kappa shape index (κ1) is 21.9. The summed E-state index contributed by atoms with van der Waals surface area (Å²) in [4.78, 5) is 34.0. The number of hydrogen-bond donors (Lipinski definition) is 6. The first-order chi connectivity index (χ1) is 12.2. The average Bonchev–Trinajstić information content (AvgIpc) is 2.58. The van der Waals surface area contributed by atoms with Gasteiger partial charge in [-0.3, -0.25) is 9.59 Å². The lowest BCUT2D eigenvalue weighted by molar-refractivity contribution is -0.148. The van der Waals surface area contributed by atoms with Gasteiger partial charge in [0.15, 0.2) is 6.10 Å². The van der Waals surface area contributed by atoms with E-state index in [1.54, 1.807) is 0 Å². The summed E-state index contributed by atoms with van der Waals surface area (Å²) >= 11 is 0. The zero-order valence-corrected chi connectivity index (χ0v) is 14.7. The minimum atomic E-state index is -1.67. The fourth-order valence-electron chi connectivity index (χ4n) is 2.47. The molecule has 0 saturated carbocycles. The quantitative estimate of drug-likeness (QED) is 0.276. The van der Waals surface area contributed by atoms with Crippen molar-refractivity contribution in [3.8, 4) is 0 Å². The Labute approximate surface area is 150 Å². The van der Waals surface area contributed by atoms with E-state index in [4.69, 9.17) is 9.84 Å². The van der Waals surface area contributed by atoms with Gasteiger partial charge in [-0.1, -0.05) is 13.3 Å². The van der Waals surface area contributed by atoms with Gasteiger partial charge >= 0.3 is 5.97 Å². The Morgan fingerprint density at radius 3 is 2.50 bits per heavy atom. The van der Waals surface area contributed by atoms with Crippen molar-refractivity contribution in [1.82, 2.24) is 10.6 Å². The molecule has 10 heteroatoms. The molecule has 1 heterocycles. The van der Waals surface area contributed by atoms with Crippen LogP contribution in [0.25, 0.3) is 0 Å². The molecule has 1 aliphatic rings. The van der Waals surface area contributed by atoms with Crippen LogP contribution in [-0.4, -0.2) is 75.2 Å². The first-order valence-corrected chi connectivity index (χ1v) is 8.37. The number of hydrogen-bond acceptors (Lipinski definition) is 7. The molecule has 0 radical (unpaired) electrons. The van der Waals surface area contributed by atoms with Crippen LogP contribution in [0.5, 0.6) is 0 Å². The molecule has 0 saturated heterocycles. The standard InChI is InChI=1S/C16H26N2O8/c1-3-4-5-12(22)18-13-9(20)6-11(16(24)25)26-15(13)14(23)10(21)7-17-8(2)19/h6,9-10,13-15,20-21,23H,3-5,7H2,1-2H3,(H,17,19)(H,18,22)(H,24,25)/t9-,10+,13+,14+,15+/m0/s1. The lowest BCUT2D eigenvalue weighted by Crippen LogP contribution is -2.60. The molecule has 0 bridgehead atoms. The molecule has 0 unspecified atom stereocenters. The van der Waals surface area contributed by atoms with Crippen molar-refractivity contribution >= 4 is 17.8 Å². The molecule has 0 aromatic carbocycles. The zero-order valence-electron chi connectivity index (χ0n) is 14.7. The van der Waals surface area contributed by atoms with Crippen molar-refractivity contribution in [2.45, 2.75) is 63.6 Å². The number of carbonyl (C=O) groups is 3. The summed E-state index contributed by atoms with van der Waals surface area (Å²) in [6, 6.07) is -1.16. The molecule has 1 aliphatic heterocycles. The summed E-state index contributed by atoms with van der Waals surface area (Å²) in [6.07, 6.45) is -3.53. The molecule has 1 rings (SSSR count). The number of carboxylic acid groups (broad SMARTS) is 1. The Bertz CT molecular complexity index is 550. The second-order valence-electron chi connectivity index (χ2n) is 6.10. The fraction of sp³-hybridized carbons (Fsp3) is 0.688. The maximum Gasteiger partial charge on any atom is 0.370 e. The van der Waals surface area contributed by atoms with Gasteiger partial charge < -0.3 is 35.8 Å². The van der Waals surface area contributed by atoms with E-state index < -0.39 is 54.0 Å². The predicted octanol–water partition coefficient (Wildman–Crippen LogP) is -1.75. The van der Waals surface area contributed by atoms with Crippen LogP contribution in [0.2, 0.25) is 0 Å². The smallest absolute Gasteiger partial charge is 0.370 e. The molecular formula is C16H26N2O8. The van der Waals surface area contributed by atoms with Crippen LogP contribution in [0.1, 0.15) is 33.1 Å². The Hall–Kier alpha value is -2.17. The number of aliphatic hydroxyl groups excluding tert-OH is 3. The lowest BCUT2D eigenvalue weighted by atomic mass is 9.93. The number of aliphatic hydroxyl groups is 3. The summed E-state index contributed by atoms with van der Waals surface area (Å²) in [5.74, 6) is -2.91. The Balaban J connectivity index is 2.95. The van der Waals surface area contributed by atoms with Gasteiger partial charge in [-0.15, -0.1) is 0 Å². The van der Waals surface area contributed by atoms with E-state index in [1.165, 1.54) is 6.92 Å². The molecule has 6 N–H and O–H groups in total. The van der Waals surface area contributed by atoms with Crippen molar-refractivity contribution in [1.29, 1.82) is 0 Å². The number of amides is 2. The maximum atomic E-state index is 12.0. The molecule has 148 valence electrons. The van der Waals surface area contributed by atoms with Crippen molar-refractivity contribution in [2.75, 3.05) is 6.54 Å². The molecule has 0 aliphatic carbocycles. The third-order valence-corrected chi connectivity index (χ3v) is 3.89. The highest BCUT2D eigenvalue weighted by atomic mass is 16.5. The molecule has 5 atom stereocenters. The van der Waals surface area contributed by atoms with E-state index in [9.17, 15) is 29.7 Å². The molecule has 0 fully saturated rings. The van der Waals surface area contributed by atoms with E-state index >= 15 is 0 Å². The largest absolute Gasteiger partial charge is 0.478 e. The highest BCUT2D eigenvalue weighted by molar-refractivity contribution is 5.84. The monoisotopic (exact) mass is 374 g/mol. The Kier molecular flexibility index (Phi) is 8.49. The average molecular weight is 374 g/mol. The molecule has 10 nitrogen and oxygen atoms in total. The minimum absolute atomic E-state index is 0.187. The predicted molar refractivity (Wildman–Crippen MR) is 88.8 cm³/mol. The van der Waals surface area contributed by atoms with E-state index in [0.29, 0.717) is 6.42 Å². The van der Waals surface area contributed by atoms with Crippen molar-refractivity contribution in [3.05, 3.63) is 11.8 Å². The number of carbonyl (C=O) groups excluding carboxylic acids is 2. The Morgan fingerprint density at radius 2 is 1.96 bits per heavy atom. The van der Waals surface area contributed by atoms with Gasteiger partial charge in [-0.2, -0.15) is 0 Å². The minimum Gasteiger partial charge on any atom is -0.478 e. The van der Waals surface area contributed by atoms with Gasteiger partial charge in [0, 0.05) is 19.9 Å². The third-order valence-electron chi connectivity index (χ3n) is 3.89. The number of unbranched alkanes of at least 4 members (excludes halogenated alkanes) is 1. The number of rotatable bonds is 9. The number of nitrogens with one attached hydrogen (secondary N) is 2. The molecule has 26 heavy (non-hydrogen) atoms. The second kappa shape index (κ2) is 10.1. The Morgan fingerprint density at radius 1 is 1.31 bits per heavy atom. The van der Waals surface area contributed by atoms with Gasteiger partial charge in [-0.05, 0) is 12.5 Å². The van der Waals surface area contributed by atoms with Crippen LogP contribution < -0.4 is 10.6 Å². The SMILES string of the molecule is CCCCC(=O)N[C@H]1[C@H]([C@H](O)[C@H](O)CNC(C)=O)OC(C(=O)O)=C[C@@H]1O. The number of aliphatic carboxylic acids is 1. The second-order valence-corrected chi connectivity index (χ2v) is 6.10. The van der Waals surface area contributed by atoms with Crippen LogP contribution in [0.15, 0.2) is 11.8 Å². The highest BCUT2D eigenvalue weighted by Gasteiger charge is 2.43. The van der Waals surface area contributed by atoms with Gasteiger partial charge in [0.05, 0.1) is 6.04 Å². The van der Waals surface area contributed by atoms with Gasteiger partial charge in [0.1, 0.15) is 18.3 Å². The van der Waals surface area contributed by atoms with Gasteiger partial charge in [-0.25, -0.2) is 4.79 Å². The van der Waals surface area contributed by atoms with E-state index in [2.05, 4.69) is 10.6 Å². The molecular weight excluding hydrogens is 348 g/mol. The summed E-state index contributed by atoms with van der Waals surface area (Å²) < 4.78 is 5.19. The maximum absolute atomic E-state index is 12.0. The zero-order chi connectivity index (χ0) is 19.9. The number of carboxylic acids is 1. The van der Waals surface area contributed by atoms with E-state index in [1.807, 2.05) is 6.92 Å². The summed E-state index contributed by atoms with van der Waals surface area (Å²) in [6.45, 7) is 2.82. The van der Waals surface area contributed by atoms with Gasteiger partial charge in [0.25, 0.3) is 0 Å². The summed E-state index contributed by atoms with van der Waals surface area (Å²) in [7, 11) is 0. The van der Waals surface area contributed by atoms with Crippen molar-refractivity contribution in [2.24, 2.45) is 0 Å². The lowest BCUT2D eigenvalue weighted by Gasteiger charge is -2.38. The molecule has 0 spiro atoms. The van der Waals surface area contributed by atoms with Crippen LogP contribution >= 0.6 is 0 Å². The topological polar surface area (TPSA) is 165 Å².